The molecule has 0 aromatic carbocycles. The largest absolute Gasteiger partial charge is 0.362 e. The van der Waals surface area contributed by atoms with E-state index in [1.54, 1.807) is 19.3 Å². The second kappa shape index (κ2) is 3.88. The maximum atomic E-state index is 11.8. The minimum absolute atomic E-state index is 0.134. The predicted octanol–water partition coefficient (Wildman–Crippen LogP) is 2.11. The predicted molar refractivity (Wildman–Crippen MR) is 52.5 cm³/mol. The highest BCUT2D eigenvalue weighted by atomic mass is 16.5. The van der Waals surface area contributed by atoms with E-state index in [0.717, 1.165) is 0 Å². The van der Waals surface area contributed by atoms with E-state index in [-0.39, 0.29) is 5.78 Å². The van der Waals surface area contributed by atoms with Gasteiger partial charge in [-0.3, -0.25) is 4.79 Å². The molecule has 2 heteroatoms. The number of carbonyl (C=O) groups excluding carboxylic acids is 1. The fourth-order valence-electron chi connectivity index (χ4n) is 1.42. The Morgan fingerprint density at radius 1 is 1.38 bits per heavy atom. The molecule has 13 heavy (non-hydrogen) atoms. The van der Waals surface area contributed by atoms with Gasteiger partial charge in [-0.25, -0.2) is 0 Å². The summed E-state index contributed by atoms with van der Waals surface area (Å²) in [5.74, 6) is 0.511. The van der Waals surface area contributed by atoms with Crippen LogP contribution >= 0.6 is 0 Å². The molecule has 0 atom stereocenters. The highest BCUT2D eigenvalue weighted by molar-refractivity contribution is 5.92. The first-order valence-electron chi connectivity index (χ1n) is 4.56. The van der Waals surface area contributed by atoms with Gasteiger partial charge in [-0.15, -0.1) is 0 Å². The molecule has 0 amide bonds. The van der Waals surface area contributed by atoms with Crippen molar-refractivity contribution in [2.45, 2.75) is 25.9 Å². The van der Waals surface area contributed by atoms with Gasteiger partial charge in [0.05, 0.1) is 0 Å². The molecule has 0 radical (unpaired) electrons. The summed E-state index contributed by atoms with van der Waals surface area (Å²) in [4.78, 5) is 11.8. The van der Waals surface area contributed by atoms with E-state index in [0.29, 0.717) is 12.3 Å². The summed E-state index contributed by atoms with van der Waals surface area (Å²) in [6, 6.07) is 0. The highest BCUT2D eigenvalue weighted by Gasteiger charge is 2.34. The van der Waals surface area contributed by atoms with Gasteiger partial charge >= 0.3 is 0 Å². The fraction of sp³-hybridized carbons (Fsp3) is 0.545. The number of hydrogen-bond acceptors (Lipinski definition) is 2. The van der Waals surface area contributed by atoms with Crippen molar-refractivity contribution in [3.05, 3.63) is 24.3 Å². The zero-order chi connectivity index (χ0) is 9.90. The van der Waals surface area contributed by atoms with E-state index in [2.05, 4.69) is 0 Å². The number of methoxy groups -OCH3 is 1. The Bertz CT molecular complexity index is 237. The molecule has 1 aliphatic rings. The van der Waals surface area contributed by atoms with Crippen LogP contribution in [0.5, 0.6) is 0 Å². The Hall–Kier alpha value is -0.890. The van der Waals surface area contributed by atoms with Crippen molar-refractivity contribution in [1.82, 2.24) is 0 Å². The number of allylic oxidation sites excluding steroid dienone is 2. The lowest BCUT2D eigenvalue weighted by atomic mass is 9.93. The van der Waals surface area contributed by atoms with Gasteiger partial charge in [0, 0.05) is 13.5 Å². The maximum absolute atomic E-state index is 11.8. The first-order valence-corrected chi connectivity index (χ1v) is 4.56. The van der Waals surface area contributed by atoms with Crippen LogP contribution in [0.1, 0.15) is 20.3 Å². The minimum Gasteiger partial charge on any atom is -0.362 e. The van der Waals surface area contributed by atoms with Crippen molar-refractivity contribution >= 4 is 5.78 Å². The molecule has 72 valence electrons. The molecule has 2 nitrogen and oxygen atoms in total. The third kappa shape index (κ3) is 2.07. The molecular weight excluding hydrogens is 164 g/mol. The Balaban J connectivity index is 2.73. The molecule has 0 spiro atoms. The van der Waals surface area contributed by atoms with Crippen molar-refractivity contribution in [2.24, 2.45) is 5.92 Å². The number of carbonyl (C=O) groups is 1. The zero-order valence-electron chi connectivity index (χ0n) is 8.41. The van der Waals surface area contributed by atoms with Crippen molar-refractivity contribution < 1.29 is 9.53 Å². The molecule has 0 aromatic rings. The molecule has 0 bridgehead atoms. The van der Waals surface area contributed by atoms with E-state index >= 15 is 0 Å². The molecule has 0 unspecified atom stereocenters. The topological polar surface area (TPSA) is 26.3 Å². The van der Waals surface area contributed by atoms with Gasteiger partial charge < -0.3 is 4.74 Å². The standard InChI is InChI=1S/C11H16O2/c1-9(2)8-10(12)11(13-3)6-4-5-7-11/h4-7,9H,8H2,1-3H3. The van der Waals surface area contributed by atoms with Crippen LogP contribution in [0.2, 0.25) is 0 Å². The van der Waals surface area contributed by atoms with E-state index < -0.39 is 5.60 Å². The van der Waals surface area contributed by atoms with Gasteiger partial charge in [0.15, 0.2) is 11.4 Å². The minimum atomic E-state index is -0.774. The Labute approximate surface area is 79.3 Å². The number of hydrogen-bond donors (Lipinski definition) is 0. The third-order valence-electron chi connectivity index (χ3n) is 2.17. The maximum Gasteiger partial charge on any atom is 0.172 e. The summed E-state index contributed by atoms with van der Waals surface area (Å²) < 4.78 is 5.24. The van der Waals surface area contributed by atoms with E-state index in [1.807, 2.05) is 26.0 Å². The van der Waals surface area contributed by atoms with Crippen LogP contribution in [0.25, 0.3) is 0 Å². The summed E-state index contributed by atoms with van der Waals surface area (Å²) in [6.07, 6.45) is 7.86. The highest BCUT2D eigenvalue weighted by Crippen LogP contribution is 2.23. The first-order chi connectivity index (χ1) is 6.10. The van der Waals surface area contributed by atoms with Gasteiger partial charge in [-0.2, -0.15) is 0 Å². The molecule has 0 aliphatic heterocycles. The Morgan fingerprint density at radius 3 is 2.31 bits per heavy atom. The van der Waals surface area contributed by atoms with Gasteiger partial charge in [0.1, 0.15) is 0 Å². The number of ether oxygens (including phenoxy) is 1. The monoisotopic (exact) mass is 180 g/mol. The fourth-order valence-corrected chi connectivity index (χ4v) is 1.42. The van der Waals surface area contributed by atoms with Crippen molar-refractivity contribution in [3.8, 4) is 0 Å². The zero-order valence-corrected chi connectivity index (χ0v) is 8.41. The van der Waals surface area contributed by atoms with Crippen LogP contribution in [-0.4, -0.2) is 18.5 Å². The lowest BCUT2D eigenvalue weighted by Crippen LogP contribution is -2.36. The number of ketones is 1. The second-order valence-electron chi connectivity index (χ2n) is 3.74. The second-order valence-corrected chi connectivity index (χ2v) is 3.74. The summed E-state index contributed by atoms with van der Waals surface area (Å²) in [6.45, 7) is 4.06. The van der Waals surface area contributed by atoms with Gasteiger partial charge in [-0.05, 0) is 18.1 Å². The SMILES string of the molecule is COC1(C(=O)CC(C)C)C=CC=C1. The van der Waals surface area contributed by atoms with Gasteiger partial charge in [0.2, 0.25) is 0 Å². The summed E-state index contributed by atoms with van der Waals surface area (Å²) in [5, 5.41) is 0. The molecule has 1 rings (SSSR count). The Morgan fingerprint density at radius 2 is 1.92 bits per heavy atom. The molecule has 1 aliphatic carbocycles. The smallest absolute Gasteiger partial charge is 0.172 e. The molecule has 0 aromatic heterocycles. The van der Waals surface area contributed by atoms with E-state index in [9.17, 15) is 4.79 Å². The van der Waals surface area contributed by atoms with Crippen LogP contribution < -0.4 is 0 Å². The summed E-state index contributed by atoms with van der Waals surface area (Å²) in [5.41, 5.74) is -0.774. The van der Waals surface area contributed by atoms with Crippen molar-refractivity contribution in [2.75, 3.05) is 7.11 Å². The molecule has 0 saturated carbocycles. The Kier molecular flexibility index (Phi) is 3.04. The third-order valence-corrected chi connectivity index (χ3v) is 2.17. The average molecular weight is 180 g/mol. The van der Waals surface area contributed by atoms with Crippen LogP contribution in [0.4, 0.5) is 0 Å². The summed E-state index contributed by atoms with van der Waals surface area (Å²) >= 11 is 0. The average Bonchev–Trinajstić information content (AvgIpc) is 2.51. The molecular formula is C11H16O2. The summed E-state index contributed by atoms with van der Waals surface area (Å²) in [7, 11) is 1.57. The lowest BCUT2D eigenvalue weighted by molar-refractivity contribution is -0.132. The van der Waals surface area contributed by atoms with Crippen LogP contribution in [0, 0.1) is 5.92 Å². The first kappa shape index (κ1) is 10.2. The van der Waals surface area contributed by atoms with Crippen LogP contribution in [-0.2, 0) is 9.53 Å². The normalized spacial score (nSPS) is 18.5. The molecule has 0 N–H and O–H groups in total. The number of Topliss-reactive ketones (excluding diaryl/α,β-unsaturated/α-hetero) is 1. The molecule has 0 fully saturated rings. The van der Waals surface area contributed by atoms with E-state index in [1.165, 1.54) is 0 Å². The van der Waals surface area contributed by atoms with Gasteiger partial charge in [0.25, 0.3) is 0 Å². The number of rotatable bonds is 4. The van der Waals surface area contributed by atoms with Crippen molar-refractivity contribution in [1.29, 1.82) is 0 Å². The molecule has 0 heterocycles. The van der Waals surface area contributed by atoms with E-state index in [4.69, 9.17) is 4.74 Å². The van der Waals surface area contributed by atoms with Crippen LogP contribution in [0.3, 0.4) is 0 Å². The molecule has 0 saturated heterocycles. The van der Waals surface area contributed by atoms with Gasteiger partial charge in [-0.1, -0.05) is 26.0 Å². The quantitative estimate of drug-likeness (QED) is 0.662. The lowest BCUT2D eigenvalue weighted by Gasteiger charge is -2.22. The van der Waals surface area contributed by atoms with Crippen LogP contribution in [0.15, 0.2) is 24.3 Å². The van der Waals surface area contributed by atoms with Crippen molar-refractivity contribution in [3.63, 3.8) is 0 Å².